The standard InChI is InChI=1S/C8H6Cl8Si/c1-17(15,16)3-2-6(11)4(9)5(10)7(3,12)8(6,13)14/h3H,2H2,1H3. The van der Waals surface area contributed by atoms with Crippen LogP contribution in [0, 0.1) is 0 Å². The van der Waals surface area contributed by atoms with E-state index in [9.17, 15) is 0 Å². The molecule has 0 N–H and O–H groups in total. The molecule has 0 radical (unpaired) electrons. The summed E-state index contributed by atoms with van der Waals surface area (Å²) in [7, 11) is 0. The van der Waals surface area contributed by atoms with E-state index >= 15 is 0 Å². The summed E-state index contributed by atoms with van der Waals surface area (Å²) < 4.78 is -1.53. The van der Waals surface area contributed by atoms with Crippen molar-refractivity contribution in [2.24, 2.45) is 0 Å². The predicted molar refractivity (Wildman–Crippen MR) is 82.0 cm³/mol. The molecule has 0 aliphatic heterocycles. The van der Waals surface area contributed by atoms with Crippen LogP contribution in [0.25, 0.3) is 0 Å². The highest BCUT2D eigenvalue weighted by atomic mass is 35.7. The van der Waals surface area contributed by atoms with Crippen LogP contribution in [-0.2, 0) is 0 Å². The molecule has 98 valence electrons. The lowest BCUT2D eigenvalue weighted by molar-refractivity contribution is 0.681. The summed E-state index contributed by atoms with van der Waals surface area (Å²) in [5.74, 6) is 0. The van der Waals surface area contributed by atoms with Gasteiger partial charge in [0.15, 0.2) is 4.33 Å². The Labute approximate surface area is 140 Å². The zero-order valence-electron chi connectivity index (χ0n) is 8.31. The number of fused-ring (bicyclic) bond motifs is 2. The molecular weight excluding hydrogens is 408 g/mol. The first-order valence-electron chi connectivity index (χ1n) is 4.60. The molecule has 0 amide bonds. The molecule has 0 saturated heterocycles. The van der Waals surface area contributed by atoms with Gasteiger partial charge in [-0.1, -0.05) is 46.4 Å². The maximum atomic E-state index is 6.52. The van der Waals surface area contributed by atoms with E-state index < -0.39 is 20.8 Å². The number of alkyl halides is 4. The van der Waals surface area contributed by atoms with Crippen molar-refractivity contribution in [1.82, 2.24) is 0 Å². The van der Waals surface area contributed by atoms with Crippen LogP contribution in [0.15, 0.2) is 10.1 Å². The normalized spacial score (nSPS) is 44.6. The largest absolute Gasteiger partial charge is 0.253 e. The molecule has 0 aromatic carbocycles. The average Bonchev–Trinajstić information content (AvgIpc) is 2.38. The topological polar surface area (TPSA) is 0 Å². The molecule has 1 fully saturated rings. The van der Waals surface area contributed by atoms with Gasteiger partial charge < -0.3 is 0 Å². The van der Waals surface area contributed by atoms with Crippen molar-refractivity contribution in [2.45, 2.75) is 32.6 Å². The van der Waals surface area contributed by atoms with Crippen molar-refractivity contribution >= 4 is 98.5 Å². The summed E-state index contributed by atoms with van der Waals surface area (Å²) in [5.41, 5.74) is -0.373. The van der Waals surface area contributed by atoms with Gasteiger partial charge in [0.1, 0.15) is 9.75 Å². The summed E-state index contributed by atoms with van der Waals surface area (Å²) in [6.45, 7) is -0.945. The average molecular weight is 414 g/mol. The third-order valence-electron chi connectivity index (χ3n) is 3.39. The molecule has 2 rings (SSSR count). The van der Waals surface area contributed by atoms with Gasteiger partial charge in [-0.25, -0.2) is 0 Å². The number of hydrogen-bond acceptors (Lipinski definition) is 0. The van der Waals surface area contributed by atoms with Gasteiger partial charge in [0, 0.05) is 5.54 Å². The molecule has 3 atom stereocenters. The van der Waals surface area contributed by atoms with Crippen LogP contribution in [-0.4, -0.2) is 20.8 Å². The fourth-order valence-corrected chi connectivity index (χ4v) is 9.67. The van der Waals surface area contributed by atoms with E-state index in [2.05, 4.69) is 0 Å². The monoisotopic (exact) mass is 410 g/mol. The summed E-state index contributed by atoms with van der Waals surface area (Å²) in [6, 6.07) is 0. The maximum absolute atomic E-state index is 6.52. The zero-order valence-corrected chi connectivity index (χ0v) is 15.4. The highest BCUT2D eigenvalue weighted by Gasteiger charge is 2.80. The number of allylic oxidation sites excluding steroid dienone is 2. The Bertz CT molecular complexity index is 412. The minimum absolute atomic E-state index is 0.150. The van der Waals surface area contributed by atoms with E-state index in [0.717, 1.165) is 0 Å². The molecule has 0 nitrogen and oxygen atoms in total. The van der Waals surface area contributed by atoms with Gasteiger partial charge in [-0.3, -0.25) is 0 Å². The van der Waals surface area contributed by atoms with Crippen molar-refractivity contribution in [3.8, 4) is 0 Å². The number of halogens is 8. The fourth-order valence-electron chi connectivity index (χ4n) is 2.44. The van der Waals surface area contributed by atoms with E-state index in [-0.39, 0.29) is 15.6 Å². The van der Waals surface area contributed by atoms with Crippen LogP contribution in [0.2, 0.25) is 12.1 Å². The Balaban J connectivity index is 2.67. The van der Waals surface area contributed by atoms with Crippen molar-refractivity contribution < 1.29 is 0 Å². The highest BCUT2D eigenvalue weighted by Crippen LogP contribution is 2.77. The van der Waals surface area contributed by atoms with Crippen molar-refractivity contribution in [3.63, 3.8) is 0 Å². The second kappa shape index (κ2) is 4.15. The molecule has 2 bridgehead atoms. The van der Waals surface area contributed by atoms with Crippen LogP contribution in [0.1, 0.15) is 6.42 Å². The Morgan fingerprint density at radius 2 is 1.53 bits per heavy atom. The highest BCUT2D eigenvalue weighted by molar-refractivity contribution is 7.45. The summed E-state index contributed by atoms with van der Waals surface area (Å²) in [4.78, 5) is -2.54. The zero-order chi connectivity index (χ0) is 13.4. The van der Waals surface area contributed by atoms with E-state index in [1.165, 1.54) is 0 Å². The van der Waals surface area contributed by atoms with Crippen LogP contribution in [0.3, 0.4) is 0 Å². The van der Waals surface area contributed by atoms with Crippen LogP contribution >= 0.6 is 91.8 Å². The lowest BCUT2D eigenvalue weighted by Gasteiger charge is -2.36. The maximum Gasteiger partial charge on any atom is 0.253 e. The molecule has 0 spiro atoms. The van der Waals surface area contributed by atoms with E-state index in [0.29, 0.717) is 6.42 Å². The Morgan fingerprint density at radius 1 is 1.06 bits per heavy atom. The van der Waals surface area contributed by atoms with Crippen molar-refractivity contribution in [3.05, 3.63) is 10.1 Å². The number of rotatable bonds is 1. The molecule has 0 aromatic heterocycles. The third kappa shape index (κ3) is 1.71. The van der Waals surface area contributed by atoms with E-state index in [1.807, 2.05) is 0 Å². The fraction of sp³-hybridized carbons (Fsp3) is 0.750. The van der Waals surface area contributed by atoms with Gasteiger partial charge in [-0.05, 0) is 13.0 Å². The molecule has 1 saturated carbocycles. The van der Waals surface area contributed by atoms with Crippen LogP contribution in [0.5, 0.6) is 0 Å². The van der Waals surface area contributed by atoms with Gasteiger partial charge >= 0.3 is 0 Å². The van der Waals surface area contributed by atoms with E-state index in [1.54, 1.807) is 6.55 Å². The number of hydrogen-bond donors (Lipinski definition) is 0. The molecule has 17 heavy (non-hydrogen) atoms. The molecular formula is C8H6Cl8Si. The second-order valence-electron chi connectivity index (χ2n) is 4.43. The lowest BCUT2D eigenvalue weighted by atomic mass is 10.1. The second-order valence-corrected chi connectivity index (χ2v) is 15.7. The van der Waals surface area contributed by atoms with Gasteiger partial charge in [0.25, 0.3) is 6.69 Å². The third-order valence-corrected chi connectivity index (χ3v) is 11.3. The minimum Gasteiger partial charge on any atom is -0.146 e. The van der Waals surface area contributed by atoms with Gasteiger partial charge in [-0.15, -0.1) is 45.4 Å². The first kappa shape index (κ1) is 15.7. The van der Waals surface area contributed by atoms with Crippen LogP contribution < -0.4 is 0 Å². The van der Waals surface area contributed by atoms with Crippen molar-refractivity contribution in [2.75, 3.05) is 0 Å². The predicted octanol–water partition coefficient (Wildman–Crippen LogP) is 6.14. The van der Waals surface area contributed by atoms with Crippen LogP contribution in [0.4, 0.5) is 0 Å². The summed E-state index contributed by atoms with van der Waals surface area (Å²) in [6.07, 6.45) is 0.315. The van der Waals surface area contributed by atoms with E-state index in [4.69, 9.17) is 91.8 Å². The Morgan fingerprint density at radius 3 is 1.82 bits per heavy atom. The molecule has 9 heteroatoms. The molecule has 3 unspecified atom stereocenters. The first-order chi connectivity index (χ1) is 7.40. The smallest absolute Gasteiger partial charge is 0.146 e. The first-order valence-corrected chi connectivity index (χ1v) is 11.5. The molecule has 2 aliphatic carbocycles. The Hall–Kier alpha value is 2.28. The summed E-state index contributed by atoms with van der Waals surface area (Å²) in [5, 5.41) is 0.334. The molecule has 0 heterocycles. The summed E-state index contributed by atoms with van der Waals surface area (Å²) >= 11 is 50.2. The SMILES string of the molecule is C[Si](Cl)(Cl)C1CC2(Cl)C(Cl)=C(Cl)C1(Cl)C2(Cl)Cl. The van der Waals surface area contributed by atoms with Gasteiger partial charge in [0.2, 0.25) is 0 Å². The van der Waals surface area contributed by atoms with Gasteiger partial charge in [0.05, 0.1) is 10.1 Å². The van der Waals surface area contributed by atoms with Gasteiger partial charge in [-0.2, -0.15) is 0 Å². The molecule has 2 aliphatic rings. The minimum atomic E-state index is -2.68. The molecule has 0 aromatic rings. The van der Waals surface area contributed by atoms with Crippen molar-refractivity contribution in [1.29, 1.82) is 0 Å². The quantitative estimate of drug-likeness (QED) is 0.275. The lowest BCUT2D eigenvalue weighted by Crippen LogP contribution is -2.46. The Kier molecular flexibility index (Phi) is 3.82.